The van der Waals surface area contributed by atoms with Gasteiger partial charge in [0, 0.05) is 23.8 Å². The van der Waals surface area contributed by atoms with Crippen LogP contribution in [0.3, 0.4) is 0 Å². The van der Waals surface area contributed by atoms with Crippen LogP contribution in [-0.2, 0) is 28.6 Å². The molecule has 1 saturated heterocycles. The Morgan fingerprint density at radius 3 is 2.59 bits per heavy atom. The molecular weight excluding hydrogens is 444 g/mol. The van der Waals surface area contributed by atoms with E-state index in [-0.39, 0.29) is 29.1 Å². The topological polar surface area (TPSA) is 140 Å². The second kappa shape index (κ2) is 10.1. The molecule has 2 fully saturated rings. The zero-order valence-corrected chi connectivity index (χ0v) is 19.2. The summed E-state index contributed by atoms with van der Waals surface area (Å²) in [7, 11) is 0. The first-order valence-electron chi connectivity index (χ1n) is 11.0. The van der Waals surface area contributed by atoms with Crippen LogP contribution >= 0.6 is 0 Å². The van der Waals surface area contributed by atoms with Crippen molar-refractivity contribution in [3.05, 3.63) is 59.8 Å². The minimum absolute atomic E-state index is 0.0178. The first kappa shape index (κ1) is 25.6. The lowest BCUT2D eigenvalue weighted by Crippen LogP contribution is -2.44. The summed E-state index contributed by atoms with van der Waals surface area (Å²) in [4.78, 5) is 37.4. The summed E-state index contributed by atoms with van der Waals surface area (Å²) in [5, 5.41) is 29.4. The lowest BCUT2D eigenvalue weighted by molar-refractivity contribution is -0.151. The lowest BCUT2D eigenvalue weighted by atomic mass is 9.76. The maximum Gasteiger partial charge on any atom is 0.337 e. The summed E-state index contributed by atoms with van der Waals surface area (Å²) in [5.74, 6) is -3.79. The summed E-state index contributed by atoms with van der Waals surface area (Å²) in [6.45, 7) is 9.61. The molecule has 0 aromatic heterocycles. The number of rotatable bonds is 7. The molecule has 9 heteroatoms. The van der Waals surface area contributed by atoms with E-state index in [0.717, 1.165) is 6.08 Å². The number of esters is 3. The van der Waals surface area contributed by atoms with Gasteiger partial charge in [0.05, 0.1) is 35.9 Å². The summed E-state index contributed by atoms with van der Waals surface area (Å²) < 4.78 is 16.4. The normalized spacial score (nSPS) is 33.2. The fraction of sp³-hybridized carbons (Fsp3) is 0.480. The Morgan fingerprint density at radius 1 is 1.26 bits per heavy atom. The molecule has 0 unspecified atom stereocenters. The van der Waals surface area contributed by atoms with Crippen molar-refractivity contribution in [2.75, 3.05) is 19.8 Å². The largest absolute Gasteiger partial charge is 0.458 e. The van der Waals surface area contributed by atoms with Crippen molar-refractivity contribution < 1.29 is 43.9 Å². The molecule has 3 aliphatic rings. The summed E-state index contributed by atoms with van der Waals surface area (Å²) >= 11 is 0. The van der Waals surface area contributed by atoms with E-state index >= 15 is 0 Å². The van der Waals surface area contributed by atoms with E-state index in [1.54, 1.807) is 19.9 Å². The van der Waals surface area contributed by atoms with Crippen LogP contribution in [0.2, 0.25) is 0 Å². The highest BCUT2D eigenvalue weighted by atomic mass is 16.6. The van der Waals surface area contributed by atoms with Crippen molar-refractivity contribution in [2.24, 2.45) is 17.8 Å². The quantitative estimate of drug-likeness (QED) is 0.213. The SMILES string of the molecule is C=C1C(=O)O[C@H]2[C@H]1[C@H](OC(=O)/C(=C/CO)COC(=O)/C(=C/C)CO)CC(=C)[C@@H]1C=C[C@@](C)(O)[C@H]21. The molecule has 6 atom stereocenters. The maximum absolute atomic E-state index is 13.0. The highest BCUT2D eigenvalue weighted by Crippen LogP contribution is 2.51. The van der Waals surface area contributed by atoms with Gasteiger partial charge in [-0.05, 0) is 19.9 Å². The first-order valence-corrected chi connectivity index (χ1v) is 11.0. The third-order valence-corrected chi connectivity index (χ3v) is 6.65. The predicted molar refractivity (Wildman–Crippen MR) is 120 cm³/mol. The first-order chi connectivity index (χ1) is 16.0. The molecule has 3 rings (SSSR count). The fourth-order valence-corrected chi connectivity index (χ4v) is 4.83. The minimum atomic E-state index is -1.26. The summed E-state index contributed by atoms with van der Waals surface area (Å²) in [5.41, 5.74) is -0.510. The van der Waals surface area contributed by atoms with E-state index in [1.165, 1.54) is 6.08 Å². The number of hydrogen-bond donors (Lipinski definition) is 3. The number of aliphatic hydroxyl groups is 3. The molecule has 0 amide bonds. The van der Waals surface area contributed by atoms with Crippen LogP contribution in [0.5, 0.6) is 0 Å². The van der Waals surface area contributed by atoms with E-state index in [9.17, 15) is 29.7 Å². The standard InChI is InChI=1S/C25H30O9/c1-5-15(11-27)23(29)32-12-16(7-9-26)24(30)33-18-10-13(2)17-6-8-25(4,31)20(17)21-19(18)14(3)22(28)34-21/h5-8,17-21,26-27,31H,2-3,9-12H2,1,4H3/b15-5+,16-7+/t17-,18+,19+,20-,21-,25+/m0/s1. The van der Waals surface area contributed by atoms with Gasteiger partial charge in [-0.1, -0.05) is 37.0 Å². The minimum Gasteiger partial charge on any atom is -0.458 e. The van der Waals surface area contributed by atoms with Crippen LogP contribution in [-0.4, -0.2) is 70.9 Å². The smallest absolute Gasteiger partial charge is 0.337 e. The van der Waals surface area contributed by atoms with Gasteiger partial charge in [0.25, 0.3) is 0 Å². The molecule has 9 nitrogen and oxygen atoms in total. The molecule has 1 saturated carbocycles. The van der Waals surface area contributed by atoms with Crippen molar-refractivity contribution in [3.8, 4) is 0 Å². The van der Waals surface area contributed by atoms with Gasteiger partial charge in [-0.3, -0.25) is 0 Å². The number of carbonyl (C=O) groups excluding carboxylic acids is 3. The average molecular weight is 475 g/mol. The number of fused-ring (bicyclic) bond motifs is 3. The van der Waals surface area contributed by atoms with Gasteiger partial charge in [-0.15, -0.1) is 0 Å². The van der Waals surface area contributed by atoms with Gasteiger partial charge in [-0.2, -0.15) is 0 Å². The van der Waals surface area contributed by atoms with E-state index in [4.69, 9.17) is 14.2 Å². The fourth-order valence-electron chi connectivity index (χ4n) is 4.83. The van der Waals surface area contributed by atoms with Gasteiger partial charge >= 0.3 is 17.9 Å². The highest BCUT2D eigenvalue weighted by molar-refractivity contribution is 5.93. The van der Waals surface area contributed by atoms with E-state index < -0.39 is 67.4 Å². The Bertz CT molecular complexity index is 984. The Kier molecular flexibility index (Phi) is 7.60. The third-order valence-electron chi connectivity index (χ3n) is 6.65. The number of aliphatic hydroxyl groups excluding tert-OH is 2. The number of allylic oxidation sites excluding steroid dienone is 2. The Morgan fingerprint density at radius 2 is 1.97 bits per heavy atom. The highest BCUT2D eigenvalue weighted by Gasteiger charge is 2.58. The van der Waals surface area contributed by atoms with Gasteiger partial charge < -0.3 is 29.5 Å². The zero-order chi connectivity index (χ0) is 25.2. The molecular formula is C25H30O9. The van der Waals surface area contributed by atoms with Gasteiger partial charge in [0.2, 0.25) is 0 Å². The van der Waals surface area contributed by atoms with Crippen molar-refractivity contribution in [3.63, 3.8) is 0 Å². The van der Waals surface area contributed by atoms with E-state index in [1.807, 2.05) is 6.08 Å². The Labute approximate surface area is 197 Å². The molecule has 0 radical (unpaired) electrons. The molecule has 0 bridgehead atoms. The van der Waals surface area contributed by atoms with Crippen molar-refractivity contribution in [1.29, 1.82) is 0 Å². The second-order valence-corrected chi connectivity index (χ2v) is 8.82. The molecule has 0 spiro atoms. The summed E-state index contributed by atoms with van der Waals surface area (Å²) in [6.07, 6.45) is 4.56. The van der Waals surface area contributed by atoms with Crippen molar-refractivity contribution >= 4 is 17.9 Å². The molecule has 1 heterocycles. The molecule has 3 N–H and O–H groups in total. The monoisotopic (exact) mass is 474 g/mol. The maximum atomic E-state index is 13.0. The van der Waals surface area contributed by atoms with Crippen LogP contribution in [0.4, 0.5) is 0 Å². The molecule has 0 aromatic rings. The number of hydrogen-bond acceptors (Lipinski definition) is 9. The van der Waals surface area contributed by atoms with Crippen LogP contribution in [0.15, 0.2) is 59.8 Å². The van der Waals surface area contributed by atoms with E-state index in [0.29, 0.717) is 5.57 Å². The van der Waals surface area contributed by atoms with Gasteiger partial charge in [0.15, 0.2) is 0 Å². The average Bonchev–Trinajstić information content (AvgIpc) is 3.21. The predicted octanol–water partition coefficient (Wildman–Crippen LogP) is 0.910. The molecule has 1 aliphatic heterocycles. The molecule has 2 aliphatic carbocycles. The van der Waals surface area contributed by atoms with E-state index in [2.05, 4.69) is 13.2 Å². The van der Waals surface area contributed by atoms with Crippen molar-refractivity contribution in [1.82, 2.24) is 0 Å². The molecule has 184 valence electrons. The Balaban J connectivity index is 1.83. The number of carbonyl (C=O) groups is 3. The lowest BCUT2D eigenvalue weighted by Gasteiger charge is -2.34. The Hall–Kier alpha value is -3.01. The molecule has 34 heavy (non-hydrogen) atoms. The van der Waals surface area contributed by atoms with Gasteiger partial charge in [-0.25, -0.2) is 14.4 Å². The second-order valence-electron chi connectivity index (χ2n) is 8.82. The molecule has 0 aromatic carbocycles. The summed E-state index contributed by atoms with van der Waals surface area (Å²) in [6, 6.07) is 0. The third kappa shape index (κ3) is 4.77. The van der Waals surface area contributed by atoms with Gasteiger partial charge in [0.1, 0.15) is 18.8 Å². The van der Waals surface area contributed by atoms with Crippen LogP contribution in [0.1, 0.15) is 20.3 Å². The zero-order valence-electron chi connectivity index (χ0n) is 19.2. The number of ether oxygens (including phenoxy) is 3. The van der Waals surface area contributed by atoms with Crippen molar-refractivity contribution in [2.45, 2.75) is 38.1 Å². The van der Waals surface area contributed by atoms with Crippen LogP contribution in [0, 0.1) is 17.8 Å². The van der Waals surface area contributed by atoms with Crippen LogP contribution in [0.25, 0.3) is 0 Å². The van der Waals surface area contributed by atoms with Crippen LogP contribution < -0.4 is 0 Å².